The summed E-state index contributed by atoms with van der Waals surface area (Å²) >= 11 is 0. The zero-order valence-corrected chi connectivity index (χ0v) is 20.8. The lowest BCUT2D eigenvalue weighted by Crippen LogP contribution is -2.46. The molecule has 0 unspecified atom stereocenters. The van der Waals surface area contributed by atoms with Crippen molar-refractivity contribution >= 4 is 24.2 Å². The molecule has 14 heteroatoms. The first-order chi connectivity index (χ1) is 16.1. The van der Waals surface area contributed by atoms with Crippen LogP contribution >= 0.6 is 0 Å². The Hall–Kier alpha value is -3.42. The molecular formula is C21H33N7O7. The minimum atomic E-state index is -0.951. The SMILES string of the molecule is CC(C)(C)OC(=O)N=C(N)N(CCc1nnc([C@@H]2CC[C@@H]3CN2C(=O)N3O)o1)C(=O)OC(C)(C)C. The van der Waals surface area contributed by atoms with Gasteiger partial charge in [-0.3, -0.25) is 5.21 Å². The smallest absolute Gasteiger partial charge is 0.437 e. The van der Waals surface area contributed by atoms with Crippen LogP contribution in [-0.4, -0.2) is 84.8 Å². The second-order valence-electron chi connectivity index (χ2n) is 10.4. The van der Waals surface area contributed by atoms with Crippen LogP contribution in [0.3, 0.4) is 0 Å². The van der Waals surface area contributed by atoms with Crippen LogP contribution < -0.4 is 5.73 Å². The maximum atomic E-state index is 12.7. The summed E-state index contributed by atoms with van der Waals surface area (Å²) in [5.41, 5.74) is 4.34. The Morgan fingerprint density at radius 1 is 1.17 bits per heavy atom. The Morgan fingerprint density at radius 3 is 2.46 bits per heavy atom. The molecule has 3 rings (SSSR count). The Labute approximate surface area is 203 Å². The number of nitrogens with two attached hydrogens (primary N) is 1. The number of guanidine groups is 1. The van der Waals surface area contributed by atoms with Crippen molar-refractivity contribution in [3.8, 4) is 0 Å². The number of nitrogens with zero attached hydrogens (tertiary/aromatic N) is 6. The number of ether oxygens (including phenoxy) is 2. The van der Waals surface area contributed by atoms with Gasteiger partial charge in [0.1, 0.15) is 17.2 Å². The third kappa shape index (κ3) is 6.59. The van der Waals surface area contributed by atoms with E-state index in [9.17, 15) is 19.6 Å². The summed E-state index contributed by atoms with van der Waals surface area (Å²) in [7, 11) is 0. The first kappa shape index (κ1) is 26.2. The lowest BCUT2D eigenvalue weighted by atomic mass is 10.0. The van der Waals surface area contributed by atoms with Gasteiger partial charge in [-0.2, -0.15) is 0 Å². The van der Waals surface area contributed by atoms with Crippen molar-refractivity contribution in [2.45, 2.75) is 84.1 Å². The van der Waals surface area contributed by atoms with Crippen LogP contribution in [0.2, 0.25) is 0 Å². The Morgan fingerprint density at radius 2 is 1.83 bits per heavy atom. The van der Waals surface area contributed by atoms with E-state index < -0.39 is 41.4 Å². The zero-order chi connectivity index (χ0) is 26.1. The highest BCUT2D eigenvalue weighted by Gasteiger charge is 2.46. The first-order valence-electron chi connectivity index (χ1n) is 11.3. The lowest BCUT2D eigenvalue weighted by molar-refractivity contribution is -0.0584. The van der Waals surface area contributed by atoms with Gasteiger partial charge in [0, 0.05) is 19.5 Å². The molecule has 0 aliphatic carbocycles. The number of fused-ring (bicyclic) bond motifs is 2. The number of aliphatic imine (C=N–C) groups is 1. The van der Waals surface area contributed by atoms with E-state index in [1.807, 2.05) is 0 Å². The zero-order valence-electron chi connectivity index (χ0n) is 20.8. The molecule has 2 fully saturated rings. The maximum Gasteiger partial charge on any atom is 0.437 e. The molecule has 2 aliphatic heterocycles. The summed E-state index contributed by atoms with van der Waals surface area (Å²) in [6, 6.07) is -1.19. The Balaban J connectivity index is 1.72. The number of rotatable bonds is 4. The number of amides is 4. The molecule has 14 nitrogen and oxygen atoms in total. The molecule has 1 aromatic heterocycles. The van der Waals surface area contributed by atoms with Crippen molar-refractivity contribution in [3.63, 3.8) is 0 Å². The highest BCUT2D eigenvalue weighted by molar-refractivity contribution is 5.98. The number of aromatic nitrogens is 2. The predicted molar refractivity (Wildman–Crippen MR) is 120 cm³/mol. The summed E-state index contributed by atoms with van der Waals surface area (Å²) in [5, 5.41) is 18.7. The van der Waals surface area contributed by atoms with Gasteiger partial charge >= 0.3 is 18.2 Å². The van der Waals surface area contributed by atoms with Gasteiger partial charge in [0.25, 0.3) is 0 Å². The molecule has 2 aliphatic rings. The van der Waals surface area contributed by atoms with Crippen LogP contribution in [-0.2, 0) is 15.9 Å². The summed E-state index contributed by atoms with van der Waals surface area (Å²) in [5.74, 6) is 0.0202. The van der Waals surface area contributed by atoms with Gasteiger partial charge in [0.15, 0.2) is 0 Å². The number of urea groups is 1. The van der Waals surface area contributed by atoms with E-state index >= 15 is 0 Å². The highest BCUT2D eigenvalue weighted by atomic mass is 16.6. The molecule has 194 valence electrons. The van der Waals surface area contributed by atoms with Gasteiger partial charge < -0.3 is 24.5 Å². The average molecular weight is 496 g/mol. The van der Waals surface area contributed by atoms with Gasteiger partial charge in [-0.25, -0.2) is 24.3 Å². The third-order valence-electron chi connectivity index (χ3n) is 5.15. The monoisotopic (exact) mass is 495 g/mol. The fraction of sp³-hybridized carbons (Fsp3) is 0.714. The molecule has 0 aromatic carbocycles. The van der Waals surface area contributed by atoms with Crippen molar-refractivity contribution in [2.24, 2.45) is 10.7 Å². The summed E-state index contributed by atoms with van der Waals surface area (Å²) < 4.78 is 16.3. The summed E-state index contributed by atoms with van der Waals surface area (Å²) in [4.78, 5) is 43.2. The van der Waals surface area contributed by atoms with E-state index in [0.717, 1.165) is 9.96 Å². The van der Waals surface area contributed by atoms with Crippen molar-refractivity contribution in [1.82, 2.24) is 25.1 Å². The van der Waals surface area contributed by atoms with E-state index in [4.69, 9.17) is 19.6 Å². The minimum Gasteiger partial charge on any atom is -0.443 e. The van der Waals surface area contributed by atoms with Crippen molar-refractivity contribution < 1.29 is 33.5 Å². The van der Waals surface area contributed by atoms with Crippen molar-refractivity contribution in [1.29, 1.82) is 0 Å². The maximum absolute atomic E-state index is 12.7. The molecule has 2 bridgehead atoms. The van der Waals surface area contributed by atoms with E-state index in [2.05, 4.69) is 15.2 Å². The molecule has 3 heterocycles. The number of hydroxylamine groups is 2. The van der Waals surface area contributed by atoms with Crippen molar-refractivity contribution in [2.75, 3.05) is 13.1 Å². The lowest BCUT2D eigenvalue weighted by Gasteiger charge is -2.27. The number of hydrogen-bond acceptors (Lipinski definition) is 9. The van der Waals surface area contributed by atoms with Gasteiger partial charge in [-0.1, -0.05) is 0 Å². The van der Waals surface area contributed by atoms with Crippen LogP contribution in [0, 0.1) is 0 Å². The third-order valence-corrected chi connectivity index (χ3v) is 5.15. The van der Waals surface area contributed by atoms with E-state index in [-0.39, 0.29) is 30.8 Å². The topological polar surface area (TPSA) is 177 Å². The van der Waals surface area contributed by atoms with E-state index in [0.29, 0.717) is 19.4 Å². The largest absolute Gasteiger partial charge is 0.443 e. The normalized spacial score (nSPS) is 20.8. The van der Waals surface area contributed by atoms with Crippen LogP contribution in [0.25, 0.3) is 0 Å². The highest BCUT2D eigenvalue weighted by Crippen LogP contribution is 2.36. The standard InChI is InChI=1S/C21H33N7O7/c1-20(2,3)34-17(29)23-16(22)26(19(31)35-21(4,5)6)10-9-14-24-25-15(33-14)13-8-7-12-11-27(13)18(30)28(12)32/h12-13,32H,7-11H2,1-6H3,(H2,22,23,29)/t12-,13+/m1/s1. The van der Waals surface area contributed by atoms with E-state index in [1.165, 1.54) is 4.90 Å². The molecular weight excluding hydrogens is 462 g/mol. The van der Waals surface area contributed by atoms with Crippen LogP contribution in [0.5, 0.6) is 0 Å². The first-order valence-corrected chi connectivity index (χ1v) is 11.3. The average Bonchev–Trinajstić information content (AvgIpc) is 3.25. The van der Waals surface area contributed by atoms with Crippen LogP contribution in [0.4, 0.5) is 14.4 Å². The number of carbonyl (C=O) groups is 3. The van der Waals surface area contributed by atoms with Gasteiger partial charge in [-0.05, 0) is 54.4 Å². The molecule has 35 heavy (non-hydrogen) atoms. The van der Waals surface area contributed by atoms with Gasteiger partial charge in [-0.15, -0.1) is 15.2 Å². The summed E-state index contributed by atoms with van der Waals surface area (Å²) in [6.45, 7) is 10.4. The van der Waals surface area contributed by atoms with Crippen LogP contribution in [0.15, 0.2) is 9.41 Å². The number of carbonyl (C=O) groups excluding carboxylic acids is 3. The second kappa shape index (κ2) is 9.68. The fourth-order valence-corrected chi connectivity index (χ4v) is 3.67. The van der Waals surface area contributed by atoms with Gasteiger partial charge in [0.05, 0.1) is 6.04 Å². The molecule has 3 N–H and O–H groups in total. The minimum absolute atomic E-state index is 0.0749. The van der Waals surface area contributed by atoms with Crippen molar-refractivity contribution in [3.05, 3.63) is 11.8 Å². The van der Waals surface area contributed by atoms with Crippen LogP contribution in [0.1, 0.15) is 72.2 Å². The molecule has 2 saturated heterocycles. The Bertz CT molecular complexity index is 995. The van der Waals surface area contributed by atoms with Gasteiger partial charge in [0.2, 0.25) is 17.7 Å². The number of hydrogen-bond donors (Lipinski definition) is 2. The molecule has 0 radical (unpaired) electrons. The number of piperidine rings is 1. The van der Waals surface area contributed by atoms with E-state index in [1.54, 1.807) is 41.5 Å². The summed E-state index contributed by atoms with van der Waals surface area (Å²) in [6.07, 6.45) is -0.523. The Kier molecular flexibility index (Phi) is 7.24. The second-order valence-corrected chi connectivity index (χ2v) is 10.4. The molecule has 0 spiro atoms. The molecule has 0 saturated carbocycles. The molecule has 1 aromatic rings. The fourth-order valence-electron chi connectivity index (χ4n) is 3.67. The quantitative estimate of drug-likeness (QED) is 0.358. The molecule has 2 atom stereocenters. The predicted octanol–water partition coefficient (Wildman–Crippen LogP) is 2.43. The molecule has 4 amide bonds.